The van der Waals surface area contributed by atoms with Crippen LogP contribution in [-0.4, -0.2) is 65.8 Å². The zero-order chi connectivity index (χ0) is 19.9. The minimum Gasteiger partial charge on any atom is -0.343 e. The molecule has 2 unspecified atom stereocenters. The first-order valence-electron chi connectivity index (χ1n) is 9.00. The minimum atomic E-state index is -3.65. The summed E-state index contributed by atoms with van der Waals surface area (Å²) in [6, 6.07) is 1.49. The molecule has 1 aliphatic carbocycles. The topological polar surface area (TPSA) is 119 Å². The number of methoxy groups -OCH3 is 1. The van der Waals surface area contributed by atoms with E-state index in [9.17, 15) is 13.2 Å². The number of hydrogen-bond acceptors (Lipinski definition) is 8. The Hall–Kier alpha value is -2.37. The SMILES string of the molecule is CCS(=O)(=O)c1cc2nnc(C3CC3)n2cc1C12C=NN(C)C(=O)C1(OC)O2. The lowest BCUT2D eigenvalue weighted by atomic mass is 9.93. The number of likely N-dealkylation sites (N-methyl/N-ethyl adjacent to an activating group) is 1. The lowest BCUT2D eigenvalue weighted by molar-refractivity contribution is -0.153. The van der Waals surface area contributed by atoms with Gasteiger partial charge in [-0.3, -0.25) is 9.20 Å². The fraction of sp³-hybridized carbons (Fsp3) is 0.529. The Kier molecular flexibility index (Phi) is 3.39. The molecule has 0 aromatic carbocycles. The van der Waals surface area contributed by atoms with Crippen LogP contribution in [0.2, 0.25) is 0 Å². The van der Waals surface area contributed by atoms with E-state index in [0.29, 0.717) is 17.1 Å². The number of carbonyl (C=O) groups is 1. The van der Waals surface area contributed by atoms with Crippen molar-refractivity contribution >= 4 is 27.6 Å². The van der Waals surface area contributed by atoms with Crippen molar-refractivity contribution in [2.45, 2.75) is 42.0 Å². The van der Waals surface area contributed by atoms with Gasteiger partial charge in [0.1, 0.15) is 5.82 Å². The summed E-state index contributed by atoms with van der Waals surface area (Å²) in [6.45, 7) is 1.56. The molecule has 1 saturated heterocycles. The van der Waals surface area contributed by atoms with Gasteiger partial charge in [0, 0.05) is 37.9 Å². The molecule has 3 aliphatic rings. The number of nitrogens with zero attached hydrogens (tertiary/aromatic N) is 5. The molecule has 4 heterocycles. The van der Waals surface area contributed by atoms with Crippen LogP contribution < -0.4 is 0 Å². The van der Waals surface area contributed by atoms with Crippen molar-refractivity contribution in [2.24, 2.45) is 5.10 Å². The highest BCUT2D eigenvalue weighted by molar-refractivity contribution is 7.91. The number of pyridine rings is 1. The van der Waals surface area contributed by atoms with Crippen LogP contribution in [0.1, 0.15) is 37.1 Å². The lowest BCUT2D eigenvalue weighted by Gasteiger charge is -2.24. The summed E-state index contributed by atoms with van der Waals surface area (Å²) < 4.78 is 38.8. The van der Waals surface area contributed by atoms with Gasteiger partial charge in [-0.15, -0.1) is 10.2 Å². The molecule has 11 heteroatoms. The van der Waals surface area contributed by atoms with Crippen LogP contribution in [-0.2, 0) is 29.7 Å². The lowest BCUT2D eigenvalue weighted by Crippen LogP contribution is -2.46. The number of ether oxygens (including phenoxy) is 2. The van der Waals surface area contributed by atoms with Crippen LogP contribution in [0, 0.1) is 0 Å². The fourth-order valence-corrected chi connectivity index (χ4v) is 4.91. The predicted molar refractivity (Wildman–Crippen MR) is 96.5 cm³/mol. The van der Waals surface area contributed by atoms with Gasteiger partial charge in [0.15, 0.2) is 15.5 Å². The summed E-state index contributed by atoms with van der Waals surface area (Å²) in [7, 11) is -0.802. The van der Waals surface area contributed by atoms with Gasteiger partial charge in [0.05, 0.1) is 16.9 Å². The number of sulfone groups is 1. The van der Waals surface area contributed by atoms with Crippen LogP contribution in [0.15, 0.2) is 22.3 Å². The van der Waals surface area contributed by atoms with E-state index in [1.54, 1.807) is 17.5 Å². The molecule has 10 nitrogen and oxygen atoms in total. The van der Waals surface area contributed by atoms with Gasteiger partial charge in [-0.1, -0.05) is 6.92 Å². The van der Waals surface area contributed by atoms with Gasteiger partial charge in [-0.2, -0.15) is 5.10 Å². The molecule has 148 valence electrons. The Bertz CT molecular complexity index is 1150. The third-order valence-electron chi connectivity index (χ3n) is 5.62. The molecule has 2 aliphatic heterocycles. The Morgan fingerprint density at radius 2 is 2.11 bits per heavy atom. The van der Waals surface area contributed by atoms with Crippen molar-refractivity contribution in [3.63, 3.8) is 0 Å². The molecule has 0 spiro atoms. The van der Waals surface area contributed by atoms with Crippen LogP contribution in [0.5, 0.6) is 0 Å². The first kappa shape index (κ1) is 17.7. The van der Waals surface area contributed by atoms with E-state index in [4.69, 9.17) is 9.47 Å². The molecule has 2 aromatic heterocycles. The Balaban J connectivity index is 1.81. The van der Waals surface area contributed by atoms with Gasteiger partial charge in [-0.25, -0.2) is 13.4 Å². The summed E-state index contributed by atoms with van der Waals surface area (Å²) in [5, 5.41) is 13.6. The number of carbonyl (C=O) groups excluding carboxylic acids is 1. The molecular weight excluding hydrogens is 386 g/mol. The van der Waals surface area contributed by atoms with E-state index < -0.39 is 27.1 Å². The molecule has 2 fully saturated rings. The van der Waals surface area contributed by atoms with Gasteiger partial charge in [0.2, 0.25) is 5.60 Å². The van der Waals surface area contributed by atoms with Gasteiger partial charge in [-0.05, 0) is 12.8 Å². The van der Waals surface area contributed by atoms with E-state index in [1.807, 2.05) is 0 Å². The molecular formula is C17H19N5O5S. The molecule has 28 heavy (non-hydrogen) atoms. The number of amides is 1. The van der Waals surface area contributed by atoms with E-state index in [1.165, 1.54) is 26.4 Å². The fourth-order valence-electron chi connectivity index (χ4n) is 3.78. The highest BCUT2D eigenvalue weighted by Gasteiger charge is 2.80. The van der Waals surface area contributed by atoms with Crippen molar-refractivity contribution < 1.29 is 22.7 Å². The number of epoxide rings is 1. The second-order valence-corrected chi connectivity index (χ2v) is 9.49. The van der Waals surface area contributed by atoms with E-state index >= 15 is 0 Å². The Morgan fingerprint density at radius 1 is 1.36 bits per heavy atom. The van der Waals surface area contributed by atoms with Gasteiger partial charge in [0.25, 0.3) is 5.79 Å². The number of hydrogen-bond donors (Lipinski definition) is 0. The van der Waals surface area contributed by atoms with Crippen LogP contribution in [0.4, 0.5) is 0 Å². The largest absolute Gasteiger partial charge is 0.343 e. The summed E-state index contributed by atoms with van der Waals surface area (Å²) in [4.78, 5) is 12.8. The van der Waals surface area contributed by atoms with Crippen molar-refractivity contribution in [1.29, 1.82) is 0 Å². The zero-order valence-electron chi connectivity index (χ0n) is 15.6. The van der Waals surface area contributed by atoms with E-state index in [-0.39, 0.29) is 10.6 Å². The number of aromatic nitrogens is 3. The average molecular weight is 405 g/mol. The van der Waals surface area contributed by atoms with Crippen LogP contribution >= 0.6 is 0 Å². The molecule has 0 N–H and O–H groups in total. The predicted octanol–water partition coefficient (Wildman–Crippen LogP) is 0.426. The second kappa shape index (κ2) is 5.37. The third kappa shape index (κ3) is 2.06. The van der Waals surface area contributed by atoms with Crippen molar-refractivity contribution in [1.82, 2.24) is 19.6 Å². The summed E-state index contributed by atoms with van der Waals surface area (Å²) in [5.74, 6) is -1.17. The third-order valence-corrected chi connectivity index (χ3v) is 7.39. The van der Waals surface area contributed by atoms with E-state index in [2.05, 4.69) is 15.3 Å². The maximum atomic E-state index is 12.9. The molecule has 2 aromatic rings. The smallest absolute Gasteiger partial charge is 0.306 e. The van der Waals surface area contributed by atoms with E-state index in [0.717, 1.165) is 23.7 Å². The number of rotatable bonds is 5. The Labute approximate surface area is 161 Å². The van der Waals surface area contributed by atoms with Crippen LogP contribution in [0.25, 0.3) is 5.65 Å². The summed E-state index contributed by atoms with van der Waals surface area (Å²) in [6.07, 6.45) is 5.10. The average Bonchev–Trinajstić information content (AvgIpc) is 3.60. The maximum absolute atomic E-state index is 12.9. The highest BCUT2D eigenvalue weighted by atomic mass is 32.2. The highest BCUT2D eigenvalue weighted by Crippen LogP contribution is 2.59. The summed E-state index contributed by atoms with van der Waals surface area (Å²) >= 11 is 0. The van der Waals surface area contributed by atoms with Gasteiger partial charge >= 0.3 is 5.91 Å². The standard InChI is InChI=1S/C17H19N5O5S/c1-4-28(24,25)12-7-13-19-20-14(10-5-6-10)22(13)8-11(12)16-9-18-21(2)15(23)17(16,26-3)27-16/h7-10H,4-6H2,1-3H3. The molecule has 1 saturated carbocycles. The van der Waals surface area contributed by atoms with Crippen molar-refractivity contribution in [2.75, 3.05) is 19.9 Å². The van der Waals surface area contributed by atoms with Crippen molar-refractivity contribution in [3.05, 3.63) is 23.7 Å². The zero-order valence-corrected chi connectivity index (χ0v) is 16.4. The molecule has 1 amide bonds. The number of fused-ring (bicyclic) bond motifs is 2. The molecule has 2 atom stereocenters. The quantitative estimate of drug-likeness (QED) is 0.662. The van der Waals surface area contributed by atoms with Gasteiger partial charge < -0.3 is 9.47 Å². The summed E-state index contributed by atoms with van der Waals surface area (Å²) in [5.41, 5.74) is -0.674. The molecule has 5 rings (SSSR count). The minimum absolute atomic E-state index is 0.0416. The second-order valence-electron chi connectivity index (χ2n) is 7.25. The monoisotopic (exact) mass is 405 g/mol. The first-order valence-corrected chi connectivity index (χ1v) is 10.7. The normalized spacial score (nSPS) is 29.4. The van der Waals surface area contributed by atoms with Crippen LogP contribution in [0.3, 0.4) is 0 Å². The molecule has 0 bridgehead atoms. The Morgan fingerprint density at radius 3 is 2.75 bits per heavy atom. The van der Waals surface area contributed by atoms with Crippen molar-refractivity contribution in [3.8, 4) is 0 Å². The first-order chi connectivity index (χ1) is 13.3. The molecule has 0 radical (unpaired) electrons. The maximum Gasteiger partial charge on any atom is 0.306 e. The number of hydrazone groups is 1.